The van der Waals surface area contributed by atoms with E-state index in [9.17, 15) is 18.0 Å². The Labute approximate surface area is 277 Å². The lowest BCUT2D eigenvalue weighted by molar-refractivity contribution is -0.140. The number of amides is 2. The fraction of sp³-hybridized carbons (Fsp3) is 0.297. The Hall–Kier alpha value is -4.14. The fourth-order valence-electron chi connectivity index (χ4n) is 5.92. The summed E-state index contributed by atoms with van der Waals surface area (Å²) >= 11 is 6.47. The number of sulfonamides is 1. The molecule has 0 aliphatic heterocycles. The maximum absolute atomic E-state index is 14.6. The molecule has 1 aliphatic rings. The van der Waals surface area contributed by atoms with Crippen LogP contribution in [-0.2, 0) is 32.6 Å². The average Bonchev–Trinajstić information content (AvgIpc) is 3.57. The Morgan fingerprint density at radius 2 is 1.43 bits per heavy atom. The molecule has 5 rings (SSSR count). The summed E-state index contributed by atoms with van der Waals surface area (Å²) in [5.74, 6) is -0.742. The third kappa shape index (κ3) is 7.98. The average molecular weight is 658 g/mol. The van der Waals surface area contributed by atoms with Crippen molar-refractivity contribution in [3.63, 3.8) is 0 Å². The van der Waals surface area contributed by atoms with Gasteiger partial charge in [-0.15, -0.1) is 0 Å². The molecule has 7 nitrogen and oxygen atoms in total. The van der Waals surface area contributed by atoms with Gasteiger partial charge in [0.2, 0.25) is 11.8 Å². The lowest BCUT2D eigenvalue weighted by Crippen LogP contribution is -2.54. The zero-order chi connectivity index (χ0) is 32.7. The van der Waals surface area contributed by atoms with Crippen molar-refractivity contribution in [3.05, 3.63) is 130 Å². The Morgan fingerprint density at radius 3 is 2.07 bits per heavy atom. The zero-order valence-corrected chi connectivity index (χ0v) is 27.8. The predicted molar refractivity (Wildman–Crippen MR) is 183 cm³/mol. The number of benzene rings is 4. The highest BCUT2D eigenvalue weighted by Crippen LogP contribution is 2.31. The van der Waals surface area contributed by atoms with Crippen LogP contribution in [-0.4, -0.2) is 43.8 Å². The SMILES string of the molecule is Cc1ccc(S(=O)(=O)N(CC(=O)N(Cc2ccccc2)[C@H](Cc2ccccc2)C(=O)NC2CCCC2)c2cccc(Cl)c2C)cc1. The number of hydrogen-bond donors (Lipinski definition) is 1. The number of halogens is 1. The summed E-state index contributed by atoms with van der Waals surface area (Å²) in [6.45, 7) is 3.22. The molecular weight excluding hydrogens is 618 g/mol. The van der Waals surface area contributed by atoms with E-state index in [1.165, 1.54) is 17.0 Å². The fourth-order valence-corrected chi connectivity index (χ4v) is 7.56. The highest BCUT2D eigenvalue weighted by molar-refractivity contribution is 7.92. The molecule has 1 aliphatic carbocycles. The van der Waals surface area contributed by atoms with Crippen LogP contribution in [0.2, 0.25) is 5.02 Å². The van der Waals surface area contributed by atoms with Gasteiger partial charge in [0.1, 0.15) is 12.6 Å². The minimum Gasteiger partial charge on any atom is -0.352 e. The molecule has 46 heavy (non-hydrogen) atoms. The van der Waals surface area contributed by atoms with Gasteiger partial charge < -0.3 is 10.2 Å². The van der Waals surface area contributed by atoms with Crippen LogP contribution >= 0.6 is 11.6 Å². The van der Waals surface area contributed by atoms with Crippen molar-refractivity contribution in [2.45, 2.75) is 69.5 Å². The lowest BCUT2D eigenvalue weighted by atomic mass is 10.0. The highest BCUT2D eigenvalue weighted by atomic mass is 35.5. The number of aryl methyl sites for hydroxylation is 1. The molecule has 0 unspecified atom stereocenters. The van der Waals surface area contributed by atoms with E-state index < -0.39 is 28.5 Å². The Kier molecular flexibility index (Phi) is 10.8. The van der Waals surface area contributed by atoms with Crippen molar-refractivity contribution in [1.82, 2.24) is 10.2 Å². The van der Waals surface area contributed by atoms with Crippen molar-refractivity contribution >= 4 is 39.1 Å². The number of rotatable bonds is 12. The molecule has 0 aromatic heterocycles. The third-order valence-electron chi connectivity index (χ3n) is 8.56. The van der Waals surface area contributed by atoms with Crippen molar-refractivity contribution in [2.24, 2.45) is 0 Å². The van der Waals surface area contributed by atoms with Crippen LogP contribution in [0.5, 0.6) is 0 Å². The van der Waals surface area contributed by atoms with E-state index in [4.69, 9.17) is 11.6 Å². The van der Waals surface area contributed by atoms with Gasteiger partial charge in [0.15, 0.2) is 0 Å². The molecule has 0 heterocycles. The van der Waals surface area contributed by atoms with Crippen molar-refractivity contribution in [2.75, 3.05) is 10.8 Å². The van der Waals surface area contributed by atoms with Crippen LogP contribution in [0.1, 0.15) is 47.9 Å². The van der Waals surface area contributed by atoms with E-state index in [-0.39, 0.29) is 29.8 Å². The highest BCUT2D eigenvalue weighted by Gasteiger charge is 2.36. The van der Waals surface area contributed by atoms with Gasteiger partial charge in [-0.05, 0) is 67.6 Å². The van der Waals surface area contributed by atoms with Crippen molar-refractivity contribution in [3.8, 4) is 0 Å². The molecule has 1 fully saturated rings. The Bertz CT molecular complexity index is 1740. The predicted octanol–water partition coefficient (Wildman–Crippen LogP) is 6.85. The molecule has 0 bridgehead atoms. The van der Waals surface area contributed by atoms with Crippen LogP contribution in [0.25, 0.3) is 0 Å². The first-order chi connectivity index (χ1) is 22.1. The molecule has 240 valence electrons. The summed E-state index contributed by atoms with van der Waals surface area (Å²) < 4.78 is 29.7. The van der Waals surface area contributed by atoms with E-state index in [0.717, 1.165) is 46.7 Å². The van der Waals surface area contributed by atoms with Crippen molar-refractivity contribution < 1.29 is 18.0 Å². The quantitative estimate of drug-likeness (QED) is 0.181. The second-order valence-electron chi connectivity index (χ2n) is 11.9. The smallest absolute Gasteiger partial charge is 0.264 e. The van der Waals surface area contributed by atoms with Crippen LogP contribution in [0.15, 0.2) is 108 Å². The molecular formula is C37H40ClN3O4S. The van der Waals surface area contributed by atoms with Gasteiger partial charge in [-0.1, -0.05) is 109 Å². The molecule has 9 heteroatoms. The largest absolute Gasteiger partial charge is 0.352 e. The van der Waals surface area contributed by atoms with Crippen LogP contribution < -0.4 is 9.62 Å². The summed E-state index contributed by atoms with van der Waals surface area (Å²) in [6.07, 6.45) is 4.16. The standard InChI is InChI=1S/C37H40ClN3O4S/c1-27-20-22-32(23-21-27)46(44,45)41(34-19-11-18-33(38)28(34)2)26-36(42)40(25-30-14-7-4-8-15-30)35(24-29-12-5-3-6-13-29)37(43)39-31-16-9-10-17-31/h3-8,11-15,18-23,31,35H,9-10,16-17,24-26H2,1-2H3,(H,39,43)/t35-/m1/s1. The van der Waals surface area contributed by atoms with Gasteiger partial charge in [0.25, 0.3) is 10.0 Å². The summed E-state index contributed by atoms with van der Waals surface area (Å²) in [4.78, 5) is 30.3. The monoisotopic (exact) mass is 657 g/mol. The molecule has 4 aromatic rings. The number of nitrogens with one attached hydrogen (secondary N) is 1. The van der Waals surface area contributed by atoms with E-state index >= 15 is 0 Å². The normalized spacial score (nSPS) is 14.1. The molecule has 0 spiro atoms. The zero-order valence-electron chi connectivity index (χ0n) is 26.2. The van der Waals surface area contributed by atoms with Gasteiger partial charge >= 0.3 is 0 Å². The summed E-state index contributed by atoms with van der Waals surface area (Å²) in [7, 11) is -4.21. The number of nitrogens with zero attached hydrogens (tertiary/aromatic N) is 2. The summed E-state index contributed by atoms with van der Waals surface area (Å²) in [5, 5.41) is 3.58. The minimum absolute atomic E-state index is 0.0481. The summed E-state index contributed by atoms with van der Waals surface area (Å²) in [5.41, 5.74) is 3.47. The van der Waals surface area contributed by atoms with E-state index in [1.54, 1.807) is 37.3 Å². The van der Waals surface area contributed by atoms with E-state index in [1.807, 2.05) is 67.6 Å². The second-order valence-corrected chi connectivity index (χ2v) is 14.2. The molecule has 1 saturated carbocycles. The molecule has 0 saturated heterocycles. The van der Waals surface area contributed by atoms with Crippen molar-refractivity contribution in [1.29, 1.82) is 0 Å². The number of anilines is 1. The van der Waals surface area contributed by atoms with Gasteiger partial charge in [0.05, 0.1) is 10.6 Å². The van der Waals surface area contributed by atoms with E-state index in [0.29, 0.717) is 16.3 Å². The lowest BCUT2D eigenvalue weighted by Gasteiger charge is -2.34. The van der Waals surface area contributed by atoms with E-state index in [2.05, 4.69) is 5.32 Å². The summed E-state index contributed by atoms with van der Waals surface area (Å²) in [6, 6.07) is 29.7. The van der Waals surface area contributed by atoms with Gasteiger partial charge in [-0.25, -0.2) is 8.42 Å². The molecule has 0 radical (unpaired) electrons. The van der Waals surface area contributed by atoms with Crippen LogP contribution in [0.3, 0.4) is 0 Å². The first-order valence-electron chi connectivity index (χ1n) is 15.7. The second kappa shape index (κ2) is 15.0. The molecule has 1 N–H and O–H groups in total. The Morgan fingerprint density at radius 1 is 0.826 bits per heavy atom. The van der Waals surface area contributed by atoms with Gasteiger partial charge in [0, 0.05) is 24.0 Å². The maximum atomic E-state index is 14.6. The number of carbonyl (C=O) groups excluding carboxylic acids is 2. The first-order valence-corrected chi connectivity index (χ1v) is 17.5. The number of hydrogen-bond acceptors (Lipinski definition) is 4. The third-order valence-corrected chi connectivity index (χ3v) is 10.7. The molecule has 1 atom stereocenters. The molecule has 2 amide bonds. The number of carbonyl (C=O) groups is 2. The van der Waals surface area contributed by atoms with Gasteiger partial charge in [-0.3, -0.25) is 13.9 Å². The van der Waals surface area contributed by atoms with Gasteiger partial charge in [-0.2, -0.15) is 0 Å². The van der Waals surface area contributed by atoms with Crippen LogP contribution in [0.4, 0.5) is 5.69 Å². The first kappa shape index (κ1) is 33.2. The molecule has 4 aromatic carbocycles. The van der Waals surface area contributed by atoms with Crippen LogP contribution in [0, 0.1) is 13.8 Å². The Balaban J connectivity index is 1.58. The minimum atomic E-state index is -4.21. The maximum Gasteiger partial charge on any atom is 0.264 e. The topological polar surface area (TPSA) is 86.8 Å².